The predicted octanol–water partition coefficient (Wildman–Crippen LogP) is 3.51. The van der Waals surface area contributed by atoms with Gasteiger partial charge in [-0.1, -0.05) is 18.2 Å². The molecule has 0 saturated heterocycles. The van der Waals surface area contributed by atoms with Crippen LogP contribution in [0, 0.1) is 0 Å². The van der Waals surface area contributed by atoms with Gasteiger partial charge in [-0.25, -0.2) is 4.98 Å². The summed E-state index contributed by atoms with van der Waals surface area (Å²) >= 11 is 0. The van der Waals surface area contributed by atoms with E-state index in [2.05, 4.69) is 40.0 Å². The quantitative estimate of drug-likeness (QED) is 0.913. The lowest BCUT2D eigenvalue weighted by Gasteiger charge is -2.23. The molecule has 0 radical (unpaired) electrons. The first-order chi connectivity index (χ1) is 10.3. The van der Waals surface area contributed by atoms with Crippen molar-refractivity contribution in [3.63, 3.8) is 0 Å². The molecule has 0 fully saturated rings. The van der Waals surface area contributed by atoms with Crippen LogP contribution in [0.3, 0.4) is 0 Å². The second-order valence-corrected chi connectivity index (χ2v) is 5.56. The van der Waals surface area contributed by atoms with E-state index < -0.39 is 0 Å². The summed E-state index contributed by atoms with van der Waals surface area (Å²) in [5, 5.41) is 3.56. The molecule has 112 valence electrons. The van der Waals surface area contributed by atoms with Crippen molar-refractivity contribution in [3.8, 4) is 11.3 Å². The Morgan fingerprint density at radius 3 is 3.19 bits per heavy atom. The molecule has 4 nitrogen and oxygen atoms in total. The molecular formula is C17H23N3O. The van der Waals surface area contributed by atoms with E-state index >= 15 is 0 Å². The zero-order valence-electron chi connectivity index (χ0n) is 12.8. The number of anilines is 1. The van der Waals surface area contributed by atoms with Crippen LogP contribution in [0.25, 0.3) is 11.3 Å². The molecule has 1 atom stereocenters. The first kappa shape index (κ1) is 14.1. The molecule has 1 aromatic heterocycles. The largest absolute Gasteiger partial charge is 0.384 e. The number of para-hydroxylation sites is 1. The van der Waals surface area contributed by atoms with E-state index in [1.54, 1.807) is 0 Å². The molecule has 3 rings (SSSR count). The van der Waals surface area contributed by atoms with E-state index in [0.717, 1.165) is 25.3 Å². The first-order valence-electron chi connectivity index (χ1n) is 7.77. The van der Waals surface area contributed by atoms with Crippen molar-refractivity contribution >= 4 is 5.69 Å². The van der Waals surface area contributed by atoms with Crippen LogP contribution in [0.5, 0.6) is 0 Å². The average Bonchev–Trinajstić information content (AvgIpc) is 3.01. The van der Waals surface area contributed by atoms with Crippen LogP contribution in [-0.2, 0) is 11.2 Å². The van der Waals surface area contributed by atoms with Gasteiger partial charge in [-0.15, -0.1) is 0 Å². The van der Waals surface area contributed by atoms with Gasteiger partial charge in [-0.05, 0) is 32.3 Å². The number of hydrogen-bond acceptors (Lipinski definition) is 3. The molecular weight excluding hydrogens is 262 g/mol. The van der Waals surface area contributed by atoms with Crippen molar-refractivity contribution in [2.24, 2.45) is 0 Å². The number of rotatable bonds is 5. The van der Waals surface area contributed by atoms with Crippen molar-refractivity contribution in [1.82, 2.24) is 9.55 Å². The van der Waals surface area contributed by atoms with Gasteiger partial charge in [0.25, 0.3) is 0 Å². The lowest BCUT2D eigenvalue weighted by atomic mass is 9.98. The molecule has 0 amide bonds. The molecule has 4 heteroatoms. The van der Waals surface area contributed by atoms with Gasteiger partial charge >= 0.3 is 0 Å². The molecule has 1 unspecified atom stereocenters. The molecule has 1 aliphatic rings. The Bertz CT molecular complexity index is 606. The van der Waals surface area contributed by atoms with Crippen molar-refractivity contribution in [2.45, 2.75) is 32.7 Å². The molecule has 0 aliphatic carbocycles. The van der Waals surface area contributed by atoms with Gasteiger partial charge in [0.2, 0.25) is 0 Å². The number of aromatic nitrogens is 2. The Balaban J connectivity index is 1.96. The Morgan fingerprint density at radius 1 is 1.43 bits per heavy atom. The second-order valence-electron chi connectivity index (χ2n) is 5.56. The summed E-state index contributed by atoms with van der Waals surface area (Å²) in [6, 6.07) is 6.82. The predicted molar refractivity (Wildman–Crippen MR) is 85.7 cm³/mol. The Kier molecular flexibility index (Phi) is 4.25. The number of nitrogens with one attached hydrogen (secondary N) is 1. The SMILES string of the molecule is CCOCC(C)n1cncc1-c1cccc2c1NCCC2. The van der Waals surface area contributed by atoms with Crippen LogP contribution in [0.2, 0.25) is 0 Å². The number of ether oxygens (including phenoxy) is 1. The summed E-state index contributed by atoms with van der Waals surface area (Å²) in [6.45, 7) is 6.70. The van der Waals surface area contributed by atoms with E-state index in [-0.39, 0.29) is 6.04 Å². The van der Waals surface area contributed by atoms with Gasteiger partial charge < -0.3 is 14.6 Å². The van der Waals surface area contributed by atoms with E-state index in [0.29, 0.717) is 6.61 Å². The van der Waals surface area contributed by atoms with E-state index in [9.17, 15) is 0 Å². The van der Waals surface area contributed by atoms with Crippen molar-refractivity contribution < 1.29 is 4.74 Å². The summed E-state index contributed by atoms with van der Waals surface area (Å²) in [5.41, 5.74) is 5.08. The fraction of sp³-hybridized carbons (Fsp3) is 0.471. The van der Waals surface area contributed by atoms with Crippen molar-refractivity contribution in [1.29, 1.82) is 0 Å². The van der Waals surface area contributed by atoms with E-state index in [1.807, 2.05) is 19.4 Å². The van der Waals surface area contributed by atoms with Gasteiger partial charge in [-0.3, -0.25) is 0 Å². The first-order valence-corrected chi connectivity index (χ1v) is 7.77. The topological polar surface area (TPSA) is 39.1 Å². The van der Waals surface area contributed by atoms with Crippen LogP contribution in [0.15, 0.2) is 30.7 Å². The second kappa shape index (κ2) is 6.31. The molecule has 2 heterocycles. The third kappa shape index (κ3) is 2.81. The molecule has 1 aliphatic heterocycles. The van der Waals surface area contributed by atoms with Crippen molar-refractivity contribution in [3.05, 3.63) is 36.3 Å². The summed E-state index contributed by atoms with van der Waals surface area (Å²) in [6.07, 6.45) is 6.21. The lowest BCUT2D eigenvalue weighted by Crippen LogP contribution is -2.15. The molecule has 1 aromatic carbocycles. The maximum absolute atomic E-state index is 5.56. The highest BCUT2D eigenvalue weighted by Crippen LogP contribution is 2.34. The van der Waals surface area contributed by atoms with Gasteiger partial charge in [0.15, 0.2) is 0 Å². The van der Waals surface area contributed by atoms with E-state index in [4.69, 9.17) is 4.74 Å². The molecule has 0 saturated carbocycles. The standard InChI is InChI=1S/C17H23N3O/c1-3-21-11-13(2)20-12-18-10-16(20)15-8-4-6-14-7-5-9-19-17(14)15/h4,6,8,10,12-13,19H,3,5,7,9,11H2,1-2H3. The fourth-order valence-corrected chi connectivity index (χ4v) is 2.96. The maximum atomic E-state index is 5.56. The molecule has 21 heavy (non-hydrogen) atoms. The summed E-state index contributed by atoms with van der Waals surface area (Å²) in [7, 11) is 0. The minimum absolute atomic E-state index is 0.280. The fourth-order valence-electron chi connectivity index (χ4n) is 2.96. The highest BCUT2D eigenvalue weighted by atomic mass is 16.5. The zero-order chi connectivity index (χ0) is 14.7. The number of aryl methyl sites for hydroxylation is 1. The Hall–Kier alpha value is -1.81. The molecule has 2 aromatic rings. The summed E-state index contributed by atoms with van der Waals surface area (Å²) < 4.78 is 7.77. The molecule has 0 bridgehead atoms. The van der Waals surface area contributed by atoms with E-state index in [1.165, 1.54) is 23.2 Å². The monoisotopic (exact) mass is 285 g/mol. The normalized spacial score (nSPS) is 15.3. The van der Waals surface area contributed by atoms with Gasteiger partial charge in [0, 0.05) is 24.4 Å². The summed E-state index contributed by atoms with van der Waals surface area (Å²) in [5.74, 6) is 0. The van der Waals surface area contributed by atoms with Crippen LogP contribution in [-0.4, -0.2) is 29.3 Å². The summed E-state index contributed by atoms with van der Waals surface area (Å²) in [4.78, 5) is 4.36. The third-order valence-corrected chi connectivity index (χ3v) is 4.06. The highest BCUT2D eigenvalue weighted by Gasteiger charge is 2.18. The smallest absolute Gasteiger partial charge is 0.0954 e. The zero-order valence-corrected chi connectivity index (χ0v) is 12.8. The minimum Gasteiger partial charge on any atom is -0.384 e. The number of benzene rings is 1. The number of fused-ring (bicyclic) bond motifs is 1. The van der Waals surface area contributed by atoms with Gasteiger partial charge in [-0.2, -0.15) is 0 Å². The van der Waals surface area contributed by atoms with Crippen molar-refractivity contribution in [2.75, 3.05) is 25.1 Å². The molecule has 1 N–H and O–H groups in total. The Morgan fingerprint density at radius 2 is 2.33 bits per heavy atom. The van der Waals surface area contributed by atoms with Crippen LogP contribution in [0.4, 0.5) is 5.69 Å². The minimum atomic E-state index is 0.280. The van der Waals surface area contributed by atoms with Gasteiger partial charge in [0.1, 0.15) is 0 Å². The number of nitrogens with zero attached hydrogens (tertiary/aromatic N) is 2. The molecule has 0 spiro atoms. The third-order valence-electron chi connectivity index (χ3n) is 4.06. The number of imidazole rings is 1. The van der Waals surface area contributed by atoms with Gasteiger partial charge in [0.05, 0.1) is 30.9 Å². The number of hydrogen-bond donors (Lipinski definition) is 1. The average molecular weight is 285 g/mol. The lowest BCUT2D eigenvalue weighted by molar-refractivity contribution is 0.119. The van der Waals surface area contributed by atoms with Crippen LogP contribution < -0.4 is 5.32 Å². The Labute approximate surface area is 126 Å². The highest BCUT2D eigenvalue weighted by molar-refractivity contribution is 5.79. The van der Waals surface area contributed by atoms with Crippen LogP contribution >= 0.6 is 0 Å². The maximum Gasteiger partial charge on any atom is 0.0954 e. The van der Waals surface area contributed by atoms with Crippen LogP contribution in [0.1, 0.15) is 31.9 Å².